The van der Waals surface area contributed by atoms with E-state index in [0.29, 0.717) is 26.4 Å². The lowest BCUT2D eigenvalue weighted by molar-refractivity contribution is 0.0692. The predicted molar refractivity (Wildman–Crippen MR) is 82.3 cm³/mol. The molecule has 8 heteroatoms. The maximum atomic E-state index is 12.0. The lowest BCUT2D eigenvalue weighted by atomic mass is 10.2. The molecule has 0 aromatic heterocycles. The Balaban J connectivity index is 2.56. The maximum Gasteiger partial charge on any atom is 0.251 e. The van der Waals surface area contributed by atoms with Crippen molar-refractivity contribution in [3.63, 3.8) is 0 Å². The normalized spacial score (nSPS) is 11.4. The maximum absolute atomic E-state index is 12.0. The van der Waals surface area contributed by atoms with Gasteiger partial charge in [-0.1, -0.05) is 13.0 Å². The van der Waals surface area contributed by atoms with Crippen molar-refractivity contribution >= 4 is 15.9 Å². The van der Waals surface area contributed by atoms with E-state index in [9.17, 15) is 13.2 Å². The second-order valence-electron chi connectivity index (χ2n) is 4.39. The van der Waals surface area contributed by atoms with Gasteiger partial charge in [0.15, 0.2) is 0 Å². The van der Waals surface area contributed by atoms with Crippen molar-refractivity contribution < 1.29 is 22.7 Å². The van der Waals surface area contributed by atoms with Crippen molar-refractivity contribution in [3.8, 4) is 0 Å². The van der Waals surface area contributed by atoms with Gasteiger partial charge in [-0.2, -0.15) is 0 Å². The molecule has 0 aliphatic rings. The molecule has 0 aliphatic carbocycles. The van der Waals surface area contributed by atoms with E-state index in [0.717, 1.165) is 0 Å². The van der Waals surface area contributed by atoms with Crippen molar-refractivity contribution in [2.75, 3.05) is 40.0 Å². The van der Waals surface area contributed by atoms with Crippen LogP contribution in [0.2, 0.25) is 0 Å². The van der Waals surface area contributed by atoms with Crippen LogP contribution in [0.25, 0.3) is 0 Å². The molecule has 0 radical (unpaired) electrons. The van der Waals surface area contributed by atoms with Gasteiger partial charge >= 0.3 is 0 Å². The van der Waals surface area contributed by atoms with Gasteiger partial charge in [0.1, 0.15) is 0 Å². The van der Waals surface area contributed by atoms with Crippen molar-refractivity contribution in [1.82, 2.24) is 10.0 Å². The molecule has 0 heterocycles. The highest BCUT2D eigenvalue weighted by Crippen LogP contribution is 2.11. The summed E-state index contributed by atoms with van der Waals surface area (Å²) in [4.78, 5) is 12.0. The number of hydrogen-bond acceptors (Lipinski definition) is 5. The molecule has 0 aliphatic heterocycles. The number of carbonyl (C=O) groups excluding carboxylic acids is 1. The first kappa shape index (κ1) is 18.6. The fourth-order valence-electron chi connectivity index (χ4n) is 1.66. The van der Waals surface area contributed by atoms with Crippen LogP contribution in [0.15, 0.2) is 29.2 Å². The Morgan fingerprint density at radius 2 is 2.00 bits per heavy atom. The van der Waals surface area contributed by atoms with Crippen LogP contribution >= 0.6 is 0 Å². The van der Waals surface area contributed by atoms with Crippen LogP contribution in [-0.2, 0) is 19.5 Å². The number of rotatable bonds is 10. The summed E-state index contributed by atoms with van der Waals surface area (Å²) in [6.45, 7) is 3.65. The number of sulfonamides is 1. The SMILES string of the molecule is CCNS(=O)(=O)c1cccc(C(=O)NCCOCCOC)c1. The standard InChI is InChI=1S/C14H22N2O5S/c1-3-16-22(18,19)13-6-4-5-12(11-13)14(17)15-7-8-21-10-9-20-2/h4-6,11,16H,3,7-10H2,1-2H3,(H,15,17). The van der Waals surface area contributed by atoms with Crippen molar-refractivity contribution in [2.24, 2.45) is 0 Å². The second kappa shape index (κ2) is 9.52. The number of amides is 1. The Labute approximate surface area is 131 Å². The van der Waals surface area contributed by atoms with E-state index in [1.165, 1.54) is 18.2 Å². The molecule has 0 fully saturated rings. The minimum atomic E-state index is -3.57. The first-order chi connectivity index (χ1) is 10.5. The van der Waals surface area contributed by atoms with Crippen molar-refractivity contribution in [3.05, 3.63) is 29.8 Å². The first-order valence-corrected chi connectivity index (χ1v) is 8.44. The monoisotopic (exact) mass is 330 g/mol. The smallest absolute Gasteiger partial charge is 0.251 e. The van der Waals surface area contributed by atoms with E-state index < -0.39 is 10.0 Å². The van der Waals surface area contributed by atoms with Crippen LogP contribution in [0.4, 0.5) is 0 Å². The minimum Gasteiger partial charge on any atom is -0.382 e. The zero-order valence-electron chi connectivity index (χ0n) is 12.8. The summed E-state index contributed by atoms with van der Waals surface area (Å²) in [5.74, 6) is -0.344. The number of nitrogens with one attached hydrogen (secondary N) is 2. The highest BCUT2D eigenvalue weighted by atomic mass is 32.2. The van der Waals surface area contributed by atoms with Gasteiger partial charge < -0.3 is 14.8 Å². The van der Waals surface area contributed by atoms with E-state index in [1.807, 2.05) is 0 Å². The fourth-order valence-corrected chi connectivity index (χ4v) is 2.75. The zero-order chi connectivity index (χ0) is 16.4. The van der Waals surface area contributed by atoms with Crippen molar-refractivity contribution in [2.45, 2.75) is 11.8 Å². The minimum absolute atomic E-state index is 0.0679. The molecule has 0 bridgehead atoms. The molecule has 0 saturated heterocycles. The number of methoxy groups -OCH3 is 1. The van der Waals surface area contributed by atoms with Crippen LogP contribution in [0.3, 0.4) is 0 Å². The van der Waals surface area contributed by atoms with Gasteiger partial charge in [-0.15, -0.1) is 0 Å². The second-order valence-corrected chi connectivity index (χ2v) is 6.16. The highest BCUT2D eigenvalue weighted by Gasteiger charge is 2.14. The molecule has 0 unspecified atom stereocenters. The first-order valence-electron chi connectivity index (χ1n) is 6.96. The van der Waals surface area contributed by atoms with E-state index >= 15 is 0 Å². The van der Waals surface area contributed by atoms with Crippen LogP contribution in [0, 0.1) is 0 Å². The lowest BCUT2D eigenvalue weighted by Crippen LogP contribution is -2.28. The zero-order valence-corrected chi connectivity index (χ0v) is 13.6. The third-order valence-electron chi connectivity index (χ3n) is 2.70. The quantitative estimate of drug-likeness (QED) is 0.605. The van der Waals surface area contributed by atoms with Gasteiger partial charge in [0, 0.05) is 25.8 Å². The molecule has 2 N–H and O–H groups in total. The fraction of sp³-hybridized carbons (Fsp3) is 0.500. The van der Waals surface area contributed by atoms with Gasteiger partial charge in [0.05, 0.1) is 24.7 Å². The van der Waals surface area contributed by atoms with Crippen LogP contribution in [-0.4, -0.2) is 54.3 Å². The number of benzene rings is 1. The molecule has 0 atom stereocenters. The molecule has 1 aromatic rings. The van der Waals surface area contributed by atoms with Gasteiger partial charge in [-0.25, -0.2) is 13.1 Å². The molecule has 1 amide bonds. The average molecular weight is 330 g/mol. The molecule has 0 saturated carbocycles. The van der Waals surface area contributed by atoms with E-state index in [4.69, 9.17) is 9.47 Å². The van der Waals surface area contributed by atoms with E-state index in [-0.39, 0.29) is 22.9 Å². The van der Waals surface area contributed by atoms with Crippen LogP contribution in [0.1, 0.15) is 17.3 Å². The summed E-state index contributed by atoms with van der Waals surface area (Å²) in [5, 5.41) is 2.67. The number of ether oxygens (including phenoxy) is 2. The molecular formula is C14H22N2O5S. The molecule has 22 heavy (non-hydrogen) atoms. The average Bonchev–Trinajstić information content (AvgIpc) is 2.50. The molecule has 124 valence electrons. The largest absolute Gasteiger partial charge is 0.382 e. The third-order valence-corrected chi connectivity index (χ3v) is 4.25. The summed E-state index contributed by atoms with van der Waals surface area (Å²) >= 11 is 0. The predicted octanol–water partition coefficient (Wildman–Crippen LogP) is 0.378. The number of carbonyl (C=O) groups is 1. The number of hydrogen-bond donors (Lipinski definition) is 2. The Morgan fingerprint density at radius 1 is 1.23 bits per heavy atom. The highest BCUT2D eigenvalue weighted by molar-refractivity contribution is 7.89. The topological polar surface area (TPSA) is 93.7 Å². The third kappa shape index (κ3) is 6.10. The summed E-state index contributed by atoms with van der Waals surface area (Å²) in [5.41, 5.74) is 0.288. The molecule has 7 nitrogen and oxygen atoms in total. The summed E-state index contributed by atoms with van der Waals surface area (Å²) in [6.07, 6.45) is 0. The molecule has 1 rings (SSSR count). The van der Waals surface area contributed by atoms with Gasteiger partial charge in [0.25, 0.3) is 5.91 Å². The van der Waals surface area contributed by atoms with Crippen LogP contribution < -0.4 is 10.0 Å². The lowest BCUT2D eigenvalue weighted by Gasteiger charge is -2.08. The van der Waals surface area contributed by atoms with Crippen molar-refractivity contribution in [1.29, 1.82) is 0 Å². The van der Waals surface area contributed by atoms with E-state index in [2.05, 4.69) is 10.0 Å². The molecule has 1 aromatic carbocycles. The summed E-state index contributed by atoms with van der Waals surface area (Å²) in [6, 6.07) is 5.89. The Kier molecular flexibility index (Phi) is 8.03. The summed E-state index contributed by atoms with van der Waals surface area (Å²) in [7, 11) is -1.99. The Hall–Kier alpha value is -1.48. The van der Waals surface area contributed by atoms with Gasteiger partial charge in [0.2, 0.25) is 10.0 Å². The van der Waals surface area contributed by atoms with Gasteiger partial charge in [-0.3, -0.25) is 4.79 Å². The molecular weight excluding hydrogens is 308 g/mol. The van der Waals surface area contributed by atoms with Gasteiger partial charge in [-0.05, 0) is 18.2 Å². The Bertz CT molecular complexity index is 574. The summed E-state index contributed by atoms with van der Waals surface area (Å²) < 4.78 is 36.2. The van der Waals surface area contributed by atoms with E-state index in [1.54, 1.807) is 20.1 Å². The molecule has 0 spiro atoms. The van der Waals surface area contributed by atoms with Crippen LogP contribution in [0.5, 0.6) is 0 Å². The Morgan fingerprint density at radius 3 is 2.68 bits per heavy atom.